The lowest BCUT2D eigenvalue weighted by atomic mass is 10.2. The number of thiazole rings is 1. The Morgan fingerprint density at radius 3 is 2.62 bits per heavy atom. The van der Waals surface area contributed by atoms with Crippen molar-refractivity contribution in [2.45, 2.75) is 52.6 Å². The summed E-state index contributed by atoms with van der Waals surface area (Å²) in [5.41, 5.74) is 0.603. The van der Waals surface area contributed by atoms with Gasteiger partial charge in [-0.1, -0.05) is 12.1 Å². The van der Waals surface area contributed by atoms with Crippen LogP contribution < -0.4 is 16.0 Å². The lowest BCUT2D eigenvalue weighted by molar-refractivity contribution is 0.0527. The highest BCUT2D eigenvalue weighted by Gasteiger charge is 2.15. The number of para-hydroxylation sites is 1. The van der Waals surface area contributed by atoms with Crippen LogP contribution in [-0.4, -0.2) is 48.8 Å². The molecule has 1 heterocycles. The number of nitrogens with one attached hydrogen (secondary N) is 3. The van der Waals surface area contributed by atoms with E-state index in [0.29, 0.717) is 13.1 Å². The Hall–Kier alpha value is -2.35. The largest absolute Gasteiger partial charge is 0.444 e. The molecule has 0 fully saturated rings. The van der Waals surface area contributed by atoms with E-state index in [0.717, 1.165) is 43.8 Å². The summed E-state index contributed by atoms with van der Waals surface area (Å²) in [6.07, 6.45) is 2.30. The minimum Gasteiger partial charge on any atom is -0.444 e. The molecular formula is C21H33N5O2S. The molecule has 3 N–H and O–H groups in total. The van der Waals surface area contributed by atoms with Gasteiger partial charge in [-0.25, -0.2) is 9.78 Å². The molecule has 0 aliphatic heterocycles. The summed E-state index contributed by atoms with van der Waals surface area (Å²) in [4.78, 5) is 20.8. The molecule has 2 rings (SSSR count). The number of aliphatic imine (C=N–C) groups is 1. The van der Waals surface area contributed by atoms with Gasteiger partial charge in [0.25, 0.3) is 0 Å². The van der Waals surface area contributed by atoms with Gasteiger partial charge in [0, 0.05) is 32.6 Å². The van der Waals surface area contributed by atoms with E-state index in [-0.39, 0.29) is 6.09 Å². The lowest BCUT2D eigenvalue weighted by Crippen LogP contribution is -2.38. The first kappa shape index (κ1) is 22.9. The first-order valence-corrected chi connectivity index (χ1v) is 11.0. The molecule has 0 saturated heterocycles. The highest BCUT2D eigenvalue weighted by atomic mass is 32.1. The molecule has 0 bridgehead atoms. The van der Waals surface area contributed by atoms with Gasteiger partial charge < -0.3 is 20.7 Å². The number of fused-ring (bicyclic) bond motifs is 1. The maximum Gasteiger partial charge on any atom is 0.407 e. The van der Waals surface area contributed by atoms with Crippen molar-refractivity contribution in [3.63, 3.8) is 0 Å². The predicted octanol–water partition coefficient (Wildman–Crippen LogP) is 3.70. The summed E-state index contributed by atoms with van der Waals surface area (Å²) < 4.78 is 6.45. The number of ether oxygens (including phenoxy) is 1. The van der Waals surface area contributed by atoms with Crippen molar-refractivity contribution in [2.75, 3.05) is 26.2 Å². The lowest BCUT2D eigenvalue weighted by Gasteiger charge is -2.19. The summed E-state index contributed by atoms with van der Waals surface area (Å²) in [5, 5.41) is 10.5. The number of carbonyl (C=O) groups is 1. The van der Waals surface area contributed by atoms with E-state index in [1.807, 2.05) is 39.8 Å². The Balaban J connectivity index is 1.65. The Morgan fingerprint density at radius 1 is 1.14 bits per heavy atom. The van der Waals surface area contributed by atoms with Crippen LogP contribution in [0.1, 0.15) is 45.5 Å². The van der Waals surface area contributed by atoms with E-state index < -0.39 is 5.60 Å². The van der Waals surface area contributed by atoms with E-state index in [4.69, 9.17) is 4.74 Å². The topological polar surface area (TPSA) is 87.6 Å². The van der Waals surface area contributed by atoms with Crippen molar-refractivity contribution in [2.24, 2.45) is 4.99 Å². The maximum atomic E-state index is 11.6. The van der Waals surface area contributed by atoms with Gasteiger partial charge >= 0.3 is 6.09 Å². The van der Waals surface area contributed by atoms with Crippen LogP contribution in [0.5, 0.6) is 0 Å². The molecule has 1 aromatic carbocycles. The Morgan fingerprint density at radius 2 is 1.90 bits per heavy atom. The molecular weight excluding hydrogens is 386 g/mol. The van der Waals surface area contributed by atoms with Crippen molar-refractivity contribution in [1.82, 2.24) is 20.9 Å². The van der Waals surface area contributed by atoms with Crippen LogP contribution in [0.25, 0.3) is 10.2 Å². The maximum absolute atomic E-state index is 11.6. The fourth-order valence-electron chi connectivity index (χ4n) is 2.59. The molecule has 0 unspecified atom stereocenters. The van der Waals surface area contributed by atoms with E-state index in [1.54, 1.807) is 11.3 Å². The summed E-state index contributed by atoms with van der Waals surface area (Å²) in [6.45, 7) is 10.4. The van der Waals surface area contributed by atoms with Gasteiger partial charge in [0.2, 0.25) is 0 Å². The molecule has 0 spiro atoms. The van der Waals surface area contributed by atoms with Gasteiger partial charge in [-0.3, -0.25) is 4.99 Å². The number of carbonyl (C=O) groups excluding carboxylic acids is 1. The Kier molecular flexibility index (Phi) is 9.18. The second-order valence-electron chi connectivity index (χ2n) is 7.65. The van der Waals surface area contributed by atoms with E-state index in [9.17, 15) is 4.79 Å². The van der Waals surface area contributed by atoms with Crippen LogP contribution in [-0.2, 0) is 11.2 Å². The van der Waals surface area contributed by atoms with Crippen molar-refractivity contribution in [3.8, 4) is 0 Å². The third-order valence-corrected chi connectivity index (χ3v) is 4.91. The van der Waals surface area contributed by atoms with Crippen LogP contribution in [0.2, 0.25) is 0 Å². The number of aromatic nitrogens is 1. The average Bonchev–Trinajstić information content (AvgIpc) is 3.06. The summed E-state index contributed by atoms with van der Waals surface area (Å²) in [5.74, 6) is 0.800. The molecule has 0 radical (unpaired) electrons. The second kappa shape index (κ2) is 11.6. The molecule has 29 heavy (non-hydrogen) atoms. The molecule has 0 atom stereocenters. The molecule has 1 amide bonds. The average molecular weight is 420 g/mol. The smallest absolute Gasteiger partial charge is 0.407 e. The van der Waals surface area contributed by atoms with Gasteiger partial charge in [-0.2, -0.15) is 0 Å². The summed E-state index contributed by atoms with van der Waals surface area (Å²) in [6, 6.07) is 8.24. The number of amides is 1. The number of aryl methyl sites for hydroxylation is 1. The SMILES string of the molecule is CCNC(=NCCCNC(=O)OC(C)(C)C)NCCCc1nc2ccccc2s1. The molecule has 0 saturated carbocycles. The Labute approximate surface area is 177 Å². The van der Waals surface area contributed by atoms with Gasteiger partial charge in [-0.05, 0) is 52.7 Å². The van der Waals surface area contributed by atoms with Crippen LogP contribution in [0, 0.1) is 0 Å². The van der Waals surface area contributed by atoms with E-state index in [1.165, 1.54) is 9.71 Å². The zero-order chi connectivity index (χ0) is 21.1. The van der Waals surface area contributed by atoms with Gasteiger partial charge in [0.1, 0.15) is 5.60 Å². The summed E-state index contributed by atoms with van der Waals surface area (Å²) >= 11 is 1.76. The monoisotopic (exact) mass is 419 g/mol. The number of alkyl carbamates (subject to hydrolysis) is 1. The fraction of sp³-hybridized carbons (Fsp3) is 0.571. The fourth-order valence-corrected chi connectivity index (χ4v) is 3.60. The molecule has 160 valence electrons. The minimum absolute atomic E-state index is 0.388. The van der Waals surface area contributed by atoms with Crippen molar-refractivity contribution >= 4 is 33.6 Å². The normalized spacial score (nSPS) is 12.1. The highest BCUT2D eigenvalue weighted by Crippen LogP contribution is 2.22. The van der Waals surface area contributed by atoms with Crippen molar-refractivity contribution in [1.29, 1.82) is 0 Å². The number of rotatable bonds is 9. The van der Waals surface area contributed by atoms with Crippen molar-refractivity contribution in [3.05, 3.63) is 29.3 Å². The number of nitrogens with zero attached hydrogens (tertiary/aromatic N) is 2. The number of hydrogen-bond acceptors (Lipinski definition) is 5. The molecule has 7 nitrogen and oxygen atoms in total. The number of benzene rings is 1. The molecule has 0 aliphatic rings. The predicted molar refractivity (Wildman–Crippen MR) is 121 cm³/mol. The number of guanidine groups is 1. The van der Waals surface area contributed by atoms with Crippen LogP contribution in [0.4, 0.5) is 4.79 Å². The quantitative estimate of drug-likeness (QED) is 0.328. The minimum atomic E-state index is -0.476. The third-order valence-electron chi connectivity index (χ3n) is 3.82. The standard InChI is InChI=1S/C21H33N5O2S/c1-5-22-19(24-14-9-15-25-20(27)28-21(2,3)4)23-13-8-12-18-26-16-10-6-7-11-17(16)29-18/h6-7,10-11H,5,8-9,12-15H2,1-4H3,(H,25,27)(H2,22,23,24). The molecule has 1 aromatic heterocycles. The number of hydrogen-bond donors (Lipinski definition) is 3. The first-order chi connectivity index (χ1) is 13.9. The zero-order valence-corrected chi connectivity index (χ0v) is 18.7. The van der Waals surface area contributed by atoms with Crippen LogP contribution in [0.3, 0.4) is 0 Å². The van der Waals surface area contributed by atoms with Crippen LogP contribution >= 0.6 is 11.3 Å². The second-order valence-corrected chi connectivity index (χ2v) is 8.76. The van der Waals surface area contributed by atoms with Crippen LogP contribution in [0.15, 0.2) is 29.3 Å². The van der Waals surface area contributed by atoms with Crippen molar-refractivity contribution < 1.29 is 9.53 Å². The van der Waals surface area contributed by atoms with Gasteiger partial charge in [0.05, 0.1) is 15.2 Å². The van der Waals surface area contributed by atoms with E-state index in [2.05, 4.69) is 38.1 Å². The Bertz CT molecular complexity index is 765. The zero-order valence-electron chi connectivity index (χ0n) is 17.9. The van der Waals surface area contributed by atoms with Gasteiger partial charge in [0.15, 0.2) is 5.96 Å². The first-order valence-electron chi connectivity index (χ1n) is 10.2. The van der Waals surface area contributed by atoms with Gasteiger partial charge in [-0.15, -0.1) is 11.3 Å². The summed E-state index contributed by atoms with van der Waals surface area (Å²) in [7, 11) is 0. The molecule has 0 aliphatic carbocycles. The molecule has 8 heteroatoms. The third kappa shape index (κ3) is 9.13. The highest BCUT2D eigenvalue weighted by molar-refractivity contribution is 7.18. The molecule has 2 aromatic rings. The van der Waals surface area contributed by atoms with E-state index >= 15 is 0 Å².